The topological polar surface area (TPSA) is 42.3 Å². The minimum atomic E-state index is 0.287. The number of imidazole rings is 1. The lowest BCUT2D eigenvalue weighted by Crippen LogP contribution is -2.44. The maximum absolute atomic E-state index is 5.78. The van der Waals surface area contributed by atoms with Crippen molar-refractivity contribution in [3.63, 3.8) is 0 Å². The number of rotatable bonds is 5. The van der Waals surface area contributed by atoms with E-state index in [1.165, 1.54) is 5.56 Å². The summed E-state index contributed by atoms with van der Waals surface area (Å²) in [6, 6.07) is 16.9. The van der Waals surface area contributed by atoms with Crippen LogP contribution in [0.4, 0.5) is 0 Å². The molecule has 3 aromatic rings. The van der Waals surface area contributed by atoms with Gasteiger partial charge in [0.25, 0.3) is 0 Å². The molecule has 1 atom stereocenters. The highest BCUT2D eigenvalue weighted by atomic mass is 16.5. The van der Waals surface area contributed by atoms with Crippen LogP contribution in [0.2, 0.25) is 0 Å². The Bertz CT molecular complexity index is 821. The summed E-state index contributed by atoms with van der Waals surface area (Å²) in [5.74, 6) is 0. The monoisotopic (exact) mass is 336 g/mol. The van der Waals surface area contributed by atoms with Crippen molar-refractivity contribution < 1.29 is 4.74 Å². The van der Waals surface area contributed by atoms with E-state index >= 15 is 0 Å². The van der Waals surface area contributed by atoms with Crippen molar-refractivity contribution in [3.05, 3.63) is 60.4 Å². The molecule has 0 aliphatic carbocycles. The van der Waals surface area contributed by atoms with Crippen molar-refractivity contribution in [1.29, 1.82) is 0 Å². The van der Waals surface area contributed by atoms with Crippen LogP contribution in [0.1, 0.15) is 5.56 Å². The van der Waals surface area contributed by atoms with Gasteiger partial charge in [0.05, 0.1) is 23.7 Å². The molecular formula is C20H24N4O. The average Bonchev–Trinajstić information content (AvgIpc) is 3.07. The van der Waals surface area contributed by atoms with Gasteiger partial charge < -0.3 is 10.1 Å². The van der Waals surface area contributed by atoms with Crippen molar-refractivity contribution in [2.24, 2.45) is 0 Å². The van der Waals surface area contributed by atoms with Gasteiger partial charge in [-0.1, -0.05) is 24.3 Å². The van der Waals surface area contributed by atoms with E-state index in [0.717, 1.165) is 49.5 Å². The Hall–Kier alpha value is -2.21. The van der Waals surface area contributed by atoms with Crippen molar-refractivity contribution in [2.75, 3.05) is 33.3 Å². The Balaban J connectivity index is 1.43. The van der Waals surface area contributed by atoms with Gasteiger partial charge in [-0.05, 0) is 36.9 Å². The highest BCUT2D eigenvalue weighted by molar-refractivity contribution is 5.77. The van der Waals surface area contributed by atoms with Gasteiger partial charge in [-0.25, -0.2) is 4.98 Å². The van der Waals surface area contributed by atoms with Crippen LogP contribution in [0.15, 0.2) is 54.9 Å². The van der Waals surface area contributed by atoms with E-state index in [9.17, 15) is 0 Å². The minimum Gasteiger partial charge on any atom is -0.374 e. The van der Waals surface area contributed by atoms with Crippen LogP contribution >= 0.6 is 0 Å². The van der Waals surface area contributed by atoms with Crippen molar-refractivity contribution in [2.45, 2.75) is 12.6 Å². The van der Waals surface area contributed by atoms with Gasteiger partial charge >= 0.3 is 0 Å². The van der Waals surface area contributed by atoms with Gasteiger partial charge in [0.15, 0.2) is 0 Å². The number of fused-ring (bicyclic) bond motifs is 1. The summed E-state index contributed by atoms with van der Waals surface area (Å²) in [7, 11) is 2.15. The quantitative estimate of drug-likeness (QED) is 0.777. The summed E-state index contributed by atoms with van der Waals surface area (Å²) >= 11 is 0. The molecule has 5 nitrogen and oxygen atoms in total. The highest BCUT2D eigenvalue weighted by Gasteiger charge is 2.15. The number of hydrogen-bond acceptors (Lipinski definition) is 4. The van der Waals surface area contributed by atoms with E-state index in [2.05, 4.69) is 57.1 Å². The fourth-order valence-corrected chi connectivity index (χ4v) is 3.39. The third-order valence-corrected chi connectivity index (χ3v) is 4.64. The first kappa shape index (κ1) is 16.3. The lowest BCUT2D eigenvalue weighted by molar-refractivity contribution is 0.00885. The van der Waals surface area contributed by atoms with Crippen LogP contribution in [0.5, 0.6) is 0 Å². The molecule has 0 radical (unpaired) electrons. The smallest absolute Gasteiger partial charge is 0.100 e. The van der Waals surface area contributed by atoms with Gasteiger partial charge in [0.2, 0.25) is 0 Å². The SMILES string of the molecule is CN(Cc1ccc(-n2cnc3ccccc32)cc1)CC1CNCCO1. The van der Waals surface area contributed by atoms with Gasteiger partial charge in [0.1, 0.15) is 6.33 Å². The molecular weight excluding hydrogens is 312 g/mol. The zero-order chi connectivity index (χ0) is 17.1. The number of para-hydroxylation sites is 2. The van der Waals surface area contributed by atoms with Gasteiger partial charge in [-0.2, -0.15) is 0 Å². The van der Waals surface area contributed by atoms with Crippen LogP contribution < -0.4 is 5.32 Å². The summed E-state index contributed by atoms with van der Waals surface area (Å²) in [6.07, 6.45) is 2.18. The van der Waals surface area contributed by atoms with Crippen LogP contribution in [0.3, 0.4) is 0 Å². The Morgan fingerprint density at radius 3 is 2.84 bits per heavy atom. The Morgan fingerprint density at radius 1 is 1.20 bits per heavy atom. The molecule has 130 valence electrons. The number of aromatic nitrogens is 2. The zero-order valence-corrected chi connectivity index (χ0v) is 14.6. The van der Waals surface area contributed by atoms with Crippen LogP contribution in [0, 0.1) is 0 Å². The van der Waals surface area contributed by atoms with Crippen LogP contribution in [-0.4, -0.2) is 53.8 Å². The number of benzene rings is 2. The predicted molar refractivity (Wildman–Crippen MR) is 100 cm³/mol. The molecule has 1 aromatic heterocycles. The second kappa shape index (κ2) is 7.35. The second-order valence-corrected chi connectivity index (χ2v) is 6.66. The van der Waals surface area contributed by atoms with Crippen LogP contribution in [-0.2, 0) is 11.3 Å². The first-order valence-corrected chi connectivity index (χ1v) is 8.82. The number of nitrogens with one attached hydrogen (secondary N) is 1. The second-order valence-electron chi connectivity index (χ2n) is 6.66. The molecule has 1 aliphatic heterocycles. The maximum Gasteiger partial charge on any atom is 0.100 e. The van der Waals surface area contributed by atoms with E-state index < -0.39 is 0 Å². The maximum atomic E-state index is 5.78. The first-order valence-electron chi connectivity index (χ1n) is 8.82. The van der Waals surface area contributed by atoms with E-state index in [-0.39, 0.29) is 6.10 Å². The average molecular weight is 336 g/mol. The third-order valence-electron chi connectivity index (χ3n) is 4.64. The number of morpholine rings is 1. The number of likely N-dealkylation sites (N-methyl/N-ethyl adjacent to an activating group) is 1. The summed E-state index contributed by atoms with van der Waals surface area (Å²) in [5.41, 5.74) is 4.60. The predicted octanol–water partition coefficient (Wildman–Crippen LogP) is 2.45. The molecule has 1 N–H and O–H groups in total. The molecule has 5 heteroatoms. The van der Waals surface area contributed by atoms with Crippen molar-refractivity contribution >= 4 is 11.0 Å². The summed E-state index contributed by atoms with van der Waals surface area (Å²) in [6.45, 7) is 4.58. The number of nitrogens with zero attached hydrogens (tertiary/aromatic N) is 3. The van der Waals surface area contributed by atoms with Crippen LogP contribution in [0.25, 0.3) is 16.7 Å². The van der Waals surface area contributed by atoms with Gasteiger partial charge in [-0.15, -0.1) is 0 Å². The molecule has 2 aromatic carbocycles. The molecule has 4 rings (SSSR count). The molecule has 1 unspecified atom stereocenters. The van der Waals surface area contributed by atoms with Crippen molar-refractivity contribution in [3.8, 4) is 5.69 Å². The van der Waals surface area contributed by atoms with E-state index in [0.29, 0.717) is 0 Å². The summed E-state index contributed by atoms with van der Waals surface area (Å²) in [4.78, 5) is 6.78. The lowest BCUT2D eigenvalue weighted by atomic mass is 10.2. The van der Waals surface area contributed by atoms with E-state index in [4.69, 9.17) is 4.74 Å². The fraction of sp³-hybridized carbons (Fsp3) is 0.350. The third kappa shape index (κ3) is 3.74. The molecule has 0 saturated carbocycles. The van der Waals surface area contributed by atoms with E-state index in [1.807, 2.05) is 24.5 Å². The fourth-order valence-electron chi connectivity index (χ4n) is 3.39. The molecule has 0 bridgehead atoms. The molecule has 25 heavy (non-hydrogen) atoms. The molecule has 0 amide bonds. The Kier molecular flexibility index (Phi) is 4.78. The lowest BCUT2D eigenvalue weighted by Gasteiger charge is -2.28. The van der Waals surface area contributed by atoms with E-state index in [1.54, 1.807) is 0 Å². The van der Waals surface area contributed by atoms with Gasteiger partial charge in [-0.3, -0.25) is 9.47 Å². The highest BCUT2D eigenvalue weighted by Crippen LogP contribution is 2.18. The Morgan fingerprint density at radius 2 is 2.04 bits per heavy atom. The molecule has 2 heterocycles. The Labute approximate surface area is 148 Å². The van der Waals surface area contributed by atoms with Gasteiger partial charge in [0, 0.05) is 31.9 Å². The minimum absolute atomic E-state index is 0.287. The zero-order valence-electron chi connectivity index (χ0n) is 14.6. The normalized spacial score (nSPS) is 18.1. The number of hydrogen-bond donors (Lipinski definition) is 1. The summed E-state index contributed by atoms with van der Waals surface area (Å²) in [5, 5.41) is 3.38. The standard InChI is InChI=1S/C20H24N4O/c1-23(14-18-12-21-10-11-25-18)13-16-6-8-17(9-7-16)24-15-22-19-4-2-3-5-20(19)24/h2-9,15,18,21H,10-14H2,1H3. The molecule has 0 spiro atoms. The van der Waals surface area contributed by atoms with Crippen molar-refractivity contribution in [1.82, 2.24) is 19.8 Å². The molecule has 1 fully saturated rings. The molecule has 1 aliphatic rings. The number of ether oxygens (including phenoxy) is 1. The summed E-state index contributed by atoms with van der Waals surface area (Å²) < 4.78 is 7.91. The first-order chi connectivity index (χ1) is 12.3. The largest absolute Gasteiger partial charge is 0.374 e. The molecule has 1 saturated heterocycles.